The van der Waals surface area contributed by atoms with Gasteiger partial charge in [-0.1, -0.05) is 13.8 Å². The molecule has 0 spiro atoms. The number of rotatable bonds is 3. The van der Waals surface area contributed by atoms with Crippen molar-refractivity contribution in [2.45, 2.75) is 59.1 Å². The molecular weight excluding hydrogens is 322 g/mol. The lowest BCUT2D eigenvalue weighted by atomic mass is 10.0. The van der Waals surface area contributed by atoms with Crippen molar-refractivity contribution in [3.05, 3.63) is 34.4 Å². The van der Waals surface area contributed by atoms with Crippen LogP contribution in [0.4, 0.5) is 16.2 Å². The topological polar surface area (TPSA) is 84.7 Å². The number of ether oxygens (including phenoxy) is 1. The number of likely N-dealkylation sites (tertiary alicyclic amines) is 1. The van der Waals surface area contributed by atoms with Gasteiger partial charge in [-0.15, -0.1) is 0 Å². The maximum Gasteiger partial charge on any atom is 0.410 e. The third-order valence-electron chi connectivity index (χ3n) is 3.60. The summed E-state index contributed by atoms with van der Waals surface area (Å²) < 4.78 is 5.37. The van der Waals surface area contributed by atoms with E-state index in [1.54, 1.807) is 17.0 Å². The number of carbonyl (C=O) groups excluding carboxylic acids is 1. The van der Waals surface area contributed by atoms with E-state index >= 15 is 0 Å². The fraction of sp³-hybridized carbons (Fsp3) is 0.611. The second-order valence-electron chi connectivity index (χ2n) is 6.69. The lowest BCUT2D eigenvalue weighted by Crippen LogP contribution is -2.44. The minimum Gasteiger partial charge on any atom is -0.444 e. The first-order valence-electron chi connectivity index (χ1n) is 8.73. The van der Waals surface area contributed by atoms with E-state index in [1.165, 1.54) is 12.1 Å². The van der Waals surface area contributed by atoms with Crippen LogP contribution in [0.1, 0.15) is 47.5 Å². The van der Waals surface area contributed by atoms with Crippen molar-refractivity contribution < 1.29 is 14.5 Å². The maximum absolute atomic E-state index is 12.0. The first-order chi connectivity index (χ1) is 11.7. The van der Waals surface area contributed by atoms with Crippen molar-refractivity contribution in [3.63, 3.8) is 0 Å². The van der Waals surface area contributed by atoms with E-state index in [0.29, 0.717) is 13.1 Å². The molecule has 1 saturated heterocycles. The van der Waals surface area contributed by atoms with E-state index in [9.17, 15) is 14.9 Å². The van der Waals surface area contributed by atoms with Gasteiger partial charge in [-0.2, -0.15) is 0 Å². The molecule has 1 fully saturated rings. The van der Waals surface area contributed by atoms with Crippen molar-refractivity contribution in [2.75, 3.05) is 18.4 Å². The number of non-ortho nitro benzene ring substituents is 1. The van der Waals surface area contributed by atoms with Crippen LogP contribution in [0.15, 0.2) is 24.3 Å². The Labute approximate surface area is 149 Å². The quantitative estimate of drug-likeness (QED) is 0.643. The third kappa shape index (κ3) is 6.99. The molecule has 0 radical (unpaired) electrons. The number of benzene rings is 1. The molecule has 1 aromatic rings. The second-order valence-corrected chi connectivity index (χ2v) is 6.69. The fourth-order valence-corrected chi connectivity index (χ4v) is 2.45. The summed E-state index contributed by atoms with van der Waals surface area (Å²) >= 11 is 0. The number of hydrogen-bond acceptors (Lipinski definition) is 5. The van der Waals surface area contributed by atoms with Crippen LogP contribution in [-0.4, -0.2) is 40.6 Å². The summed E-state index contributed by atoms with van der Waals surface area (Å²) in [7, 11) is 0. The molecule has 1 aliphatic rings. The Bertz CT molecular complexity index is 559. The van der Waals surface area contributed by atoms with Gasteiger partial charge >= 0.3 is 6.09 Å². The van der Waals surface area contributed by atoms with Crippen LogP contribution in [-0.2, 0) is 4.74 Å². The zero-order chi connectivity index (χ0) is 19.0. The smallest absolute Gasteiger partial charge is 0.410 e. The summed E-state index contributed by atoms with van der Waals surface area (Å²) in [5, 5.41) is 14.0. The average Bonchev–Trinajstić information content (AvgIpc) is 2.56. The Kier molecular flexibility index (Phi) is 7.67. The number of nitro benzene ring substituents is 1. The Morgan fingerprint density at radius 3 is 2.16 bits per heavy atom. The van der Waals surface area contributed by atoms with Gasteiger partial charge in [0.15, 0.2) is 0 Å². The third-order valence-corrected chi connectivity index (χ3v) is 3.60. The molecule has 2 rings (SSSR count). The average molecular weight is 351 g/mol. The number of nitro groups is 1. The van der Waals surface area contributed by atoms with Gasteiger partial charge in [0.1, 0.15) is 5.60 Å². The number of hydrogen-bond donors (Lipinski definition) is 1. The van der Waals surface area contributed by atoms with E-state index in [4.69, 9.17) is 4.74 Å². The largest absolute Gasteiger partial charge is 0.444 e. The van der Waals surface area contributed by atoms with E-state index in [-0.39, 0.29) is 17.8 Å². The molecule has 0 aromatic heterocycles. The van der Waals surface area contributed by atoms with E-state index in [0.717, 1.165) is 18.5 Å². The van der Waals surface area contributed by atoms with Crippen molar-refractivity contribution in [2.24, 2.45) is 0 Å². The van der Waals surface area contributed by atoms with E-state index in [1.807, 2.05) is 34.6 Å². The maximum atomic E-state index is 12.0. The van der Waals surface area contributed by atoms with Gasteiger partial charge in [-0.3, -0.25) is 10.1 Å². The van der Waals surface area contributed by atoms with Gasteiger partial charge in [0, 0.05) is 37.0 Å². The van der Waals surface area contributed by atoms with Crippen LogP contribution in [0.3, 0.4) is 0 Å². The van der Waals surface area contributed by atoms with Crippen LogP contribution in [0, 0.1) is 10.1 Å². The molecular formula is C18H29N3O4. The molecule has 7 heteroatoms. The molecule has 0 bridgehead atoms. The lowest BCUT2D eigenvalue weighted by Gasteiger charge is -2.34. The molecule has 1 aliphatic heterocycles. The Morgan fingerprint density at radius 2 is 1.72 bits per heavy atom. The molecule has 1 amide bonds. The van der Waals surface area contributed by atoms with Crippen LogP contribution in [0.2, 0.25) is 0 Å². The normalized spacial score (nSPS) is 15.0. The number of amides is 1. The highest BCUT2D eigenvalue weighted by Gasteiger charge is 2.26. The molecule has 1 N–H and O–H groups in total. The second kappa shape index (κ2) is 9.25. The first kappa shape index (κ1) is 20.7. The molecule has 0 unspecified atom stereocenters. The summed E-state index contributed by atoms with van der Waals surface area (Å²) in [4.78, 5) is 23.9. The van der Waals surface area contributed by atoms with Crippen molar-refractivity contribution in [1.82, 2.24) is 4.90 Å². The van der Waals surface area contributed by atoms with Gasteiger partial charge in [0.05, 0.1) is 4.92 Å². The van der Waals surface area contributed by atoms with Gasteiger partial charge in [-0.05, 0) is 45.7 Å². The summed E-state index contributed by atoms with van der Waals surface area (Å²) in [5.74, 6) is 0. The zero-order valence-corrected chi connectivity index (χ0v) is 15.7. The molecule has 1 heterocycles. The van der Waals surface area contributed by atoms with Crippen molar-refractivity contribution >= 4 is 17.5 Å². The van der Waals surface area contributed by atoms with E-state index < -0.39 is 10.5 Å². The molecule has 0 aliphatic carbocycles. The highest BCUT2D eigenvalue weighted by atomic mass is 16.6. The molecule has 25 heavy (non-hydrogen) atoms. The van der Waals surface area contributed by atoms with Crippen LogP contribution in [0.25, 0.3) is 0 Å². The monoisotopic (exact) mass is 351 g/mol. The van der Waals surface area contributed by atoms with Crippen molar-refractivity contribution in [3.8, 4) is 0 Å². The number of carbonyl (C=O) groups is 1. The molecule has 140 valence electrons. The Balaban J connectivity index is 0.00000151. The van der Waals surface area contributed by atoms with Crippen LogP contribution in [0.5, 0.6) is 0 Å². The number of anilines is 1. The Morgan fingerprint density at radius 1 is 1.20 bits per heavy atom. The van der Waals surface area contributed by atoms with E-state index in [2.05, 4.69) is 5.32 Å². The van der Waals surface area contributed by atoms with Gasteiger partial charge < -0.3 is 15.0 Å². The zero-order valence-electron chi connectivity index (χ0n) is 15.7. The van der Waals surface area contributed by atoms with Gasteiger partial charge in [-0.25, -0.2) is 4.79 Å². The predicted octanol–water partition coefficient (Wildman–Crippen LogP) is 4.43. The highest BCUT2D eigenvalue weighted by Crippen LogP contribution is 2.20. The lowest BCUT2D eigenvalue weighted by molar-refractivity contribution is -0.384. The fourth-order valence-electron chi connectivity index (χ4n) is 2.45. The van der Waals surface area contributed by atoms with Crippen LogP contribution >= 0.6 is 0 Å². The molecule has 7 nitrogen and oxygen atoms in total. The van der Waals surface area contributed by atoms with Crippen LogP contribution < -0.4 is 5.32 Å². The summed E-state index contributed by atoms with van der Waals surface area (Å²) in [6, 6.07) is 6.63. The molecule has 0 saturated carbocycles. The van der Waals surface area contributed by atoms with Gasteiger partial charge in [0.25, 0.3) is 5.69 Å². The molecule has 1 aromatic carbocycles. The standard InChI is InChI=1S/C16H23N3O4.C2H6/c1-16(2,3)23-15(20)18-10-8-13(9-11-18)17-12-4-6-14(7-5-12)19(21)22;1-2/h4-7,13,17H,8-11H2,1-3H3;1-2H3. The summed E-state index contributed by atoms with van der Waals surface area (Å²) in [5.41, 5.74) is 0.451. The molecule has 0 atom stereocenters. The number of nitrogens with one attached hydrogen (secondary N) is 1. The number of piperidine rings is 1. The highest BCUT2D eigenvalue weighted by molar-refractivity contribution is 5.68. The Hall–Kier alpha value is -2.31. The van der Waals surface area contributed by atoms with Gasteiger partial charge in [0.2, 0.25) is 0 Å². The minimum absolute atomic E-state index is 0.0790. The SMILES string of the molecule is CC.CC(C)(C)OC(=O)N1CCC(Nc2ccc([N+](=O)[O-])cc2)CC1. The summed E-state index contributed by atoms with van der Waals surface area (Å²) in [6.45, 7) is 10.8. The van der Waals surface area contributed by atoms with Crippen molar-refractivity contribution in [1.29, 1.82) is 0 Å². The number of nitrogens with zero attached hydrogens (tertiary/aromatic N) is 2. The minimum atomic E-state index is -0.481. The first-order valence-corrected chi connectivity index (χ1v) is 8.73. The summed E-state index contributed by atoms with van der Waals surface area (Å²) in [6.07, 6.45) is 1.36. The predicted molar refractivity (Wildman–Crippen MR) is 98.9 cm³/mol.